The molecule has 2 aromatic heterocycles. The molecule has 0 unspecified atom stereocenters. The SMILES string of the molecule is Cc1cnn(C2CCCC2)c1NC(=O)NCc1nnc(N)s1. The molecule has 9 heteroatoms. The molecule has 2 aromatic rings. The van der Waals surface area contributed by atoms with Gasteiger partial charge in [0.2, 0.25) is 5.13 Å². The van der Waals surface area contributed by atoms with Crippen molar-refractivity contribution in [1.29, 1.82) is 0 Å². The third kappa shape index (κ3) is 3.19. The Bertz CT molecular complexity index is 659. The third-order valence-electron chi connectivity index (χ3n) is 3.76. The summed E-state index contributed by atoms with van der Waals surface area (Å²) in [5.41, 5.74) is 6.47. The maximum atomic E-state index is 12.1. The molecule has 1 aliphatic rings. The van der Waals surface area contributed by atoms with Gasteiger partial charge < -0.3 is 11.1 Å². The number of nitrogens with one attached hydrogen (secondary N) is 2. The molecule has 2 heterocycles. The number of carbonyl (C=O) groups is 1. The first-order valence-corrected chi connectivity index (χ1v) is 8.12. The van der Waals surface area contributed by atoms with Crippen molar-refractivity contribution in [2.45, 2.75) is 45.2 Å². The Hall–Kier alpha value is -2.16. The van der Waals surface area contributed by atoms with Crippen molar-refractivity contribution in [3.8, 4) is 0 Å². The zero-order chi connectivity index (χ0) is 15.5. The monoisotopic (exact) mass is 321 g/mol. The minimum absolute atomic E-state index is 0.281. The van der Waals surface area contributed by atoms with Gasteiger partial charge in [-0.2, -0.15) is 5.10 Å². The lowest BCUT2D eigenvalue weighted by Crippen LogP contribution is -2.30. The summed E-state index contributed by atoms with van der Waals surface area (Å²) in [5, 5.41) is 18.7. The van der Waals surface area contributed by atoms with Crippen LogP contribution in [0.15, 0.2) is 6.20 Å². The van der Waals surface area contributed by atoms with Crippen molar-refractivity contribution in [2.75, 3.05) is 11.1 Å². The van der Waals surface area contributed by atoms with Gasteiger partial charge in [-0.3, -0.25) is 5.32 Å². The molecule has 0 aliphatic heterocycles. The lowest BCUT2D eigenvalue weighted by Gasteiger charge is -2.15. The van der Waals surface area contributed by atoms with Gasteiger partial charge in [0, 0.05) is 5.56 Å². The quantitative estimate of drug-likeness (QED) is 0.798. The minimum atomic E-state index is -0.281. The van der Waals surface area contributed by atoms with E-state index in [0.29, 0.717) is 22.7 Å². The van der Waals surface area contributed by atoms with E-state index in [1.807, 2.05) is 11.6 Å². The summed E-state index contributed by atoms with van der Waals surface area (Å²) in [6.07, 6.45) is 6.45. The number of carbonyl (C=O) groups excluding carboxylic acids is 1. The number of hydrogen-bond acceptors (Lipinski definition) is 6. The summed E-state index contributed by atoms with van der Waals surface area (Å²) < 4.78 is 1.94. The van der Waals surface area contributed by atoms with Gasteiger partial charge >= 0.3 is 6.03 Å². The highest BCUT2D eigenvalue weighted by molar-refractivity contribution is 7.15. The topological polar surface area (TPSA) is 111 Å². The molecule has 118 valence electrons. The number of nitrogen functional groups attached to an aromatic ring is 1. The van der Waals surface area contributed by atoms with Gasteiger partial charge in [0.1, 0.15) is 10.8 Å². The Morgan fingerprint density at radius 3 is 2.91 bits per heavy atom. The number of anilines is 2. The molecule has 1 aliphatic carbocycles. The highest BCUT2D eigenvalue weighted by Crippen LogP contribution is 2.32. The standard InChI is InChI=1S/C13H19N7OS/c1-8-6-16-20(9-4-2-3-5-9)11(8)17-13(21)15-7-10-18-19-12(14)22-10/h6,9H,2-5,7H2,1H3,(H2,14,19)(H2,15,17,21). The number of aromatic nitrogens is 4. The molecule has 0 saturated heterocycles. The van der Waals surface area contributed by atoms with Crippen LogP contribution in [0.3, 0.4) is 0 Å². The fourth-order valence-electron chi connectivity index (χ4n) is 2.68. The number of nitrogens with zero attached hydrogens (tertiary/aromatic N) is 4. The number of nitrogens with two attached hydrogens (primary N) is 1. The van der Waals surface area contributed by atoms with Gasteiger partial charge in [-0.25, -0.2) is 9.48 Å². The summed E-state index contributed by atoms with van der Waals surface area (Å²) in [5.74, 6) is 0.765. The normalized spacial score (nSPS) is 15.1. The summed E-state index contributed by atoms with van der Waals surface area (Å²) in [7, 11) is 0. The van der Waals surface area contributed by atoms with Crippen molar-refractivity contribution >= 4 is 28.3 Å². The molecule has 0 radical (unpaired) electrons. The minimum Gasteiger partial charge on any atom is -0.374 e. The molecule has 8 nitrogen and oxygen atoms in total. The van der Waals surface area contributed by atoms with Crippen molar-refractivity contribution in [3.05, 3.63) is 16.8 Å². The first-order chi connectivity index (χ1) is 10.6. The molecule has 1 saturated carbocycles. The molecule has 0 atom stereocenters. The van der Waals surface area contributed by atoms with E-state index >= 15 is 0 Å². The van der Waals surface area contributed by atoms with E-state index < -0.39 is 0 Å². The Kier molecular flexibility index (Phi) is 4.23. The molecule has 0 spiro atoms. The molecule has 0 aromatic carbocycles. The predicted octanol–water partition coefficient (Wildman–Crippen LogP) is 2.06. The van der Waals surface area contributed by atoms with Crippen LogP contribution in [0.25, 0.3) is 0 Å². The van der Waals surface area contributed by atoms with Crippen LogP contribution >= 0.6 is 11.3 Å². The smallest absolute Gasteiger partial charge is 0.320 e. The van der Waals surface area contributed by atoms with E-state index in [4.69, 9.17) is 5.73 Å². The van der Waals surface area contributed by atoms with Gasteiger partial charge in [0.15, 0.2) is 0 Å². The van der Waals surface area contributed by atoms with E-state index in [9.17, 15) is 4.79 Å². The van der Waals surface area contributed by atoms with E-state index in [1.54, 1.807) is 6.20 Å². The zero-order valence-electron chi connectivity index (χ0n) is 12.4. The fraction of sp³-hybridized carbons (Fsp3) is 0.538. The van der Waals surface area contributed by atoms with Crippen LogP contribution in [-0.4, -0.2) is 26.0 Å². The number of amides is 2. The molecular formula is C13H19N7OS. The number of rotatable bonds is 4. The molecule has 1 fully saturated rings. The van der Waals surface area contributed by atoms with Gasteiger partial charge in [-0.1, -0.05) is 24.2 Å². The van der Waals surface area contributed by atoms with Gasteiger partial charge in [0.05, 0.1) is 18.8 Å². The van der Waals surface area contributed by atoms with Crippen LogP contribution in [0.1, 0.15) is 42.3 Å². The lowest BCUT2D eigenvalue weighted by molar-refractivity contribution is 0.251. The highest BCUT2D eigenvalue weighted by Gasteiger charge is 2.22. The molecule has 2 amide bonds. The summed E-state index contributed by atoms with van der Waals surface area (Å²) >= 11 is 1.26. The lowest BCUT2D eigenvalue weighted by atomic mass is 10.2. The van der Waals surface area contributed by atoms with Crippen molar-refractivity contribution in [3.63, 3.8) is 0 Å². The molecule has 4 N–H and O–H groups in total. The second-order valence-corrected chi connectivity index (χ2v) is 6.49. The predicted molar refractivity (Wildman–Crippen MR) is 84.6 cm³/mol. The average Bonchev–Trinajstić information content (AvgIpc) is 3.20. The molecule has 3 rings (SSSR count). The van der Waals surface area contributed by atoms with Gasteiger partial charge in [0.25, 0.3) is 0 Å². The number of aryl methyl sites for hydroxylation is 1. The molecular weight excluding hydrogens is 302 g/mol. The Balaban J connectivity index is 1.62. The van der Waals surface area contributed by atoms with Crippen LogP contribution in [0.4, 0.5) is 15.7 Å². The van der Waals surface area contributed by atoms with Crippen LogP contribution in [-0.2, 0) is 6.54 Å². The van der Waals surface area contributed by atoms with Crippen LogP contribution in [0.5, 0.6) is 0 Å². The summed E-state index contributed by atoms with van der Waals surface area (Å²) in [4.78, 5) is 12.1. The van der Waals surface area contributed by atoms with Crippen molar-refractivity contribution < 1.29 is 4.79 Å². The second-order valence-electron chi connectivity index (χ2n) is 5.40. The number of hydrogen-bond donors (Lipinski definition) is 3. The van der Waals surface area contributed by atoms with E-state index in [-0.39, 0.29) is 6.03 Å². The Morgan fingerprint density at radius 1 is 1.45 bits per heavy atom. The maximum absolute atomic E-state index is 12.1. The maximum Gasteiger partial charge on any atom is 0.320 e. The third-order valence-corrected chi connectivity index (χ3v) is 4.52. The van der Waals surface area contributed by atoms with Gasteiger partial charge in [-0.05, 0) is 19.8 Å². The summed E-state index contributed by atoms with van der Waals surface area (Å²) in [6.45, 7) is 2.25. The number of urea groups is 1. The van der Waals surface area contributed by atoms with Gasteiger partial charge in [-0.15, -0.1) is 10.2 Å². The Morgan fingerprint density at radius 2 is 2.23 bits per heavy atom. The summed E-state index contributed by atoms with van der Waals surface area (Å²) in [6, 6.07) is 0.101. The van der Waals surface area contributed by atoms with Crippen LogP contribution < -0.4 is 16.4 Å². The zero-order valence-corrected chi connectivity index (χ0v) is 13.2. The van der Waals surface area contributed by atoms with Crippen molar-refractivity contribution in [1.82, 2.24) is 25.3 Å². The highest BCUT2D eigenvalue weighted by atomic mass is 32.1. The largest absolute Gasteiger partial charge is 0.374 e. The Labute approximate surface area is 132 Å². The van der Waals surface area contributed by atoms with Crippen LogP contribution in [0.2, 0.25) is 0 Å². The first kappa shape index (κ1) is 14.8. The van der Waals surface area contributed by atoms with E-state index in [1.165, 1.54) is 24.2 Å². The fourth-order valence-corrected chi connectivity index (χ4v) is 3.22. The van der Waals surface area contributed by atoms with E-state index in [2.05, 4.69) is 25.9 Å². The van der Waals surface area contributed by atoms with Crippen molar-refractivity contribution in [2.24, 2.45) is 0 Å². The average molecular weight is 321 g/mol. The second kappa shape index (κ2) is 6.30. The van der Waals surface area contributed by atoms with E-state index in [0.717, 1.165) is 24.2 Å². The molecule has 22 heavy (non-hydrogen) atoms. The van der Waals surface area contributed by atoms with Crippen LogP contribution in [0, 0.1) is 6.92 Å². The first-order valence-electron chi connectivity index (χ1n) is 7.30. The molecule has 0 bridgehead atoms.